The highest BCUT2D eigenvalue weighted by molar-refractivity contribution is 5.76. The predicted molar refractivity (Wildman–Crippen MR) is 88.1 cm³/mol. The maximum atomic E-state index is 12.4. The van der Waals surface area contributed by atoms with E-state index in [0.717, 1.165) is 19.3 Å². The summed E-state index contributed by atoms with van der Waals surface area (Å²) in [5.41, 5.74) is 0. The molecule has 0 bridgehead atoms. The third kappa shape index (κ3) is 4.25. The summed E-state index contributed by atoms with van der Waals surface area (Å²) < 4.78 is 11.9. The van der Waals surface area contributed by atoms with E-state index in [9.17, 15) is 4.79 Å². The van der Waals surface area contributed by atoms with E-state index in [1.807, 2.05) is 60.7 Å². The van der Waals surface area contributed by atoms with Crippen LogP contribution in [0, 0.1) is 0 Å². The number of carbonyl (C=O) groups is 1. The summed E-state index contributed by atoms with van der Waals surface area (Å²) in [6.07, 6.45) is 2.76. The van der Waals surface area contributed by atoms with Crippen LogP contribution >= 0.6 is 0 Å². The van der Waals surface area contributed by atoms with E-state index in [1.54, 1.807) is 4.90 Å². The first-order valence-corrected chi connectivity index (χ1v) is 8.06. The van der Waals surface area contributed by atoms with Crippen molar-refractivity contribution in [3.63, 3.8) is 0 Å². The van der Waals surface area contributed by atoms with Crippen LogP contribution in [0.1, 0.15) is 25.7 Å². The van der Waals surface area contributed by atoms with Gasteiger partial charge in [-0.15, -0.1) is 0 Å². The number of amides is 1. The van der Waals surface area contributed by atoms with E-state index in [-0.39, 0.29) is 5.91 Å². The Hall–Kier alpha value is -2.49. The van der Waals surface area contributed by atoms with Crippen molar-refractivity contribution in [2.45, 2.75) is 32.1 Å². The molecule has 2 aromatic rings. The highest BCUT2D eigenvalue weighted by Gasteiger charge is 2.28. The summed E-state index contributed by atoms with van der Waals surface area (Å²) in [5.74, 6) is 1.45. The molecule has 4 heteroatoms. The van der Waals surface area contributed by atoms with Gasteiger partial charge in [-0.3, -0.25) is 9.69 Å². The zero-order chi connectivity index (χ0) is 15.9. The summed E-state index contributed by atoms with van der Waals surface area (Å²) >= 11 is 0. The number of carbonyl (C=O) groups excluding carboxylic acids is 1. The zero-order valence-corrected chi connectivity index (χ0v) is 13.1. The lowest BCUT2D eigenvalue weighted by Gasteiger charge is -2.30. The summed E-state index contributed by atoms with van der Waals surface area (Å²) in [7, 11) is 0. The normalized spacial score (nSPS) is 15.3. The third-order valence-corrected chi connectivity index (χ3v) is 3.82. The van der Waals surface area contributed by atoms with Gasteiger partial charge in [-0.1, -0.05) is 42.8 Å². The molecule has 0 unspecified atom stereocenters. The van der Waals surface area contributed by atoms with Crippen LogP contribution in [-0.4, -0.2) is 23.8 Å². The van der Waals surface area contributed by atoms with Crippen molar-refractivity contribution in [3.8, 4) is 11.5 Å². The standard InChI is InChI=1S/C19H21NO3/c21-18-14-8-3-9-15-20(18)19(22-16-10-4-1-5-11-16)23-17-12-6-2-7-13-17/h1-2,4-7,10-13,19H,3,8-9,14-15H2. The average molecular weight is 311 g/mol. The Morgan fingerprint density at radius 3 is 1.91 bits per heavy atom. The van der Waals surface area contributed by atoms with Crippen LogP contribution in [0.2, 0.25) is 0 Å². The fourth-order valence-corrected chi connectivity index (χ4v) is 2.61. The van der Waals surface area contributed by atoms with E-state index in [1.165, 1.54) is 0 Å². The van der Waals surface area contributed by atoms with E-state index in [0.29, 0.717) is 24.5 Å². The second-order valence-electron chi connectivity index (χ2n) is 5.57. The number of hydrogen-bond donors (Lipinski definition) is 0. The van der Waals surface area contributed by atoms with E-state index in [4.69, 9.17) is 9.47 Å². The van der Waals surface area contributed by atoms with Gasteiger partial charge in [0.25, 0.3) is 0 Å². The number of ether oxygens (including phenoxy) is 2. The molecule has 4 nitrogen and oxygen atoms in total. The van der Waals surface area contributed by atoms with Crippen LogP contribution in [0.15, 0.2) is 60.7 Å². The van der Waals surface area contributed by atoms with Crippen molar-refractivity contribution in [2.75, 3.05) is 6.54 Å². The lowest BCUT2D eigenvalue weighted by atomic mass is 10.2. The van der Waals surface area contributed by atoms with Crippen LogP contribution < -0.4 is 9.47 Å². The molecule has 2 aromatic carbocycles. The number of hydrogen-bond acceptors (Lipinski definition) is 3. The lowest BCUT2D eigenvalue weighted by molar-refractivity contribution is -0.159. The minimum absolute atomic E-state index is 0.0827. The van der Waals surface area contributed by atoms with Gasteiger partial charge in [0.2, 0.25) is 5.91 Å². The summed E-state index contributed by atoms with van der Waals surface area (Å²) in [4.78, 5) is 14.1. The van der Waals surface area contributed by atoms with Gasteiger partial charge in [-0.25, -0.2) is 0 Å². The van der Waals surface area contributed by atoms with Gasteiger partial charge in [0, 0.05) is 13.0 Å². The van der Waals surface area contributed by atoms with E-state index in [2.05, 4.69) is 0 Å². The summed E-state index contributed by atoms with van der Waals surface area (Å²) in [6.45, 7) is 0.656. The van der Waals surface area contributed by atoms with Crippen LogP contribution in [0.3, 0.4) is 0 Å². The molecule has 0 saturated carbocycles. The van der Waals surface area contributed by atoms with Gasteiger partial charge in [-0.2, -0.15) is 0 Å². The predicted octanol–water partition coefficient (Wildman–Crippen LogP) is 3.83. The van der Waals surface area contributed by atoms with Crippen LogP contribution in [0.25, 0.3) is 0 Å². The van der Waals surface area contributed by atoms with Crippen molar-refractivity contribution >= 4 is 5.91 Å². The monoisotopic (exact) mass is 311 g/mol. The molecule has 0 aromatic heterocycles. The Labute approximate surface area is 136 Å². The Morgan fingerprint density at radius 2 is 1.35 bits per heavy atom. The molecule has 0 N–H and O–H groups in total. The zero-order valence-electron chi connectivity index (χ0n) is 13.1. The maximum absolute atomic E-state index is 12.4. The molecule has 1 saturated heterocycles. The fraction of sp³-hybridized carbons (Fsp3) is 0.316. The van der Waals surface area contributed by atoms with Gasteiger partial charge in [0.15, 0.2) is 0 Å². The molecule has 0 atom stereocenters. The number of nitrogens with zero attached hydrogens (tertiary/aromatic N) is 1. The largest absolute Gasteiger partial charge is 0.437 e. The van der Waals surface area contributed by atoms with Gasteiger partial charge in [0.1, 0.15) is 11.5 Å². The van der Waals surface area contributed by atoms with Crippen LogP contribution in [0.5, 0.6) is 11.5 Å². The van der Waals surface area contributed by atoms with Crippen LogP contribution in [-0.2, 0) is 4.79 Å². The molecular weight excluding hydrogens is 290 g/mol. The molecule has 0 aliphatic carbocycles. The fourth-order valence-electron chi connectivity index (χ4n) is 2.61. The summed E-state index contributed by atoms with van der Waals surface area (Å²) in [5, 5.41) is 0. The Morgan fingerprint density at radius 1 is 0.783 bits per heavy atom. The highest BCUT2D eigenvalue weighted by atomic mass is 16.7. The minimum atomic E-state index is -0.745. The Balaban J connectivity index is 1.81. The Bertz CT molecular complexity index is 574. The molecule has 1 aliphatic heterocycles. The topological polar surface area (TPSA) is 38.8 Å². The molecule has 3 rings (SSSR count). The smallest absolute Gasteiger partial charge is 0.329 e. The molecule has 0 spiro atoms. The van der Waals surface area contributed by atoms with Gasteiger partial charge >= 0.3 is 6.41 Å². The van der Waals surface area contributed by atoms with E-state index >= 15 is 0 Å². The van der Waals surface area contributed by atoms with Gasteiger partial charge in [-0.05, 0) is 37.1 Å². The SMILES string of the molecule is O=C1CCCCCN1C(Oc1ccccc1)Oc1ccccc1. The van der Waals surface area contributed by atoms with E-state index < -0.39 is 6.41 Å². The van der Waals surface area contributed by atoms with Crippen LogP contribution in [0.4, 0.5) is 0 Å². The van der Waals surface area contributed by atoms with Crippen molar-refractivity contribution in [2.24, 2.45) is 0 Å². The molecule has 23 heavy (non-hydrogen) atoms. The quantitative estimate of drug-likeness (QED) is 0.788. The second-order valence-corrected chi connectivity index (χ2v) is 5.57. The maximum Gasteiger partial charge on any atom is 0.329 e. The van der Waals surface area contributed by atoms with Gasteiger partial charge in [0.05, 0.1) is 0 Å². The first-order valence-electron chi connectivity index (χ1n) is 8.06. The van der Waals surface area contributed by atoms with Crippen molar-refractivity contribution < 1.29 is 14.3 Å². The van der Waals surface area contributed by atoms with Crippen molar-refractivity contribution in [1.82, 2.24) is 4.90 Å². The highest BCUT2D eigenvalue weighted by Crippen LogP contribution is 2.21. The summed E-state index contributed by atoms with van der Waals surface area (Å²) in [6, 6.07) is 18.9. The molecule has 1 amide bonds. The second kappa shape index (κ2) is 7.68. The number of para-hydroxylation sites is 2. The average Bonchev–Trinajstić information content (AvgIpc) is 2.81. The molecule has 0 radical (unpaired) electrons. The number of likely N-dealkylation sites (tertiary alicyclic amines) is 1. The third-order valence-electron chi connectivity index (χ3n) is 3.82. The molecule has 1 aliphatic rings. The molecule has 1 heterocycles. The number of benzene rings is 2. The van der Waals surface area contributed by atoms with Crippen molar-refractivity contribution in [3.05, 3.63) is 60.7 Å². The Kier molecular flexibility index (Phi) is 5.14. The van der Waals surface area contributed by atoms with Crippen molar-refractivity contribution in [1.29, 1.82) is 0 Å². The minimum Gasteiger partial charge on any atom is -0.437 e. The molecule has 120 valence electrons. The first kappa shape index (κ1) is 15.4. The molecular formula is C19H21NO3. The van der Waals surface area contributed by atoms with Gasteiger partial charge < -0.3 is 9.47 Å². The first-order chi connectivity index (χ1) is 11.3. The molecule has 1 fully saturated rings. The lowest BCUT2D eigenvalue weighted by Crippen LogP contribution is -2.47. The number of rotatable bonds is 5.